The van der Waals surface area contributed by atoms with Gasteiger partial charge in [-0.25, -0.2) is 8.42 Å². The van der Waals surface area contributed by atoms with Crippen molar-refractivity contribution in [2.75, 3.05) is 16.3 Å². The molecule has 2 unspecified atom stereocenters. The fourth-order valence-corrected chi connectivity index (χ4v) is 2.18. The second-order valence-corrected chi connectivity index (χ2v) is 7.02. The first-order valence-electron chi connectivity index (χ1n) is 6.56. The third-order valence-corrected chi connectivity index (χ3v) is 3.69. The smallest absolute Gasteiger partial charge is 0.327 e. The Balaban J connectivity index is 3.25. The number of hydrogen-bond acceptors (Lipinski definition) is 4. The molecule has 2 atom stereocenters. The lowest BCUT2D eigenvalue weighted by Gasteiger charge is -2.19. The van der Waals surface area contributed by atoms with Crippen LogP contribution in [-0.2, 0) is 21.0 Å². The number of nitrogens with two attached hydrogens (primary N) is 1. The molecule has 1 aromatic rings. The van der Waals surface area contributed by atoms with Crippen LogP contribution in [0.1, 0.15) is 19.4 Å². The largest absolute Gasteiger partial charge is 0.416 e. The SMILES string of the molecule is CC(N)C(C)C(=O)Nc1cc(C(F)(F)F)ccc1NS(C)(=O)=O. The fourth-order valence-electron chi connectivity index (χ4n) is 1.60. The summed E-state index contributed by atoms with van der Waals surface area (Å²) < 4.78 is 63.0. The molecule has 0 heterocycles. The average Bonchev–Trinajstić information content (AvgIpc) is 2.36. The van der Waals surface area contributed by atoms with E-state index in [0.717, 1.165) is 18.4 Å². The van der Waals surface area contributed by atoms with E-state index in [1.807, 2.05) is 0 Å². The van der Waals surface area contributed by atoms with E-state index in [2.05, 4.69) is 10.0 Å². The summed E-state index contributed by atoms with van der Waals surface area (Å²) in [6, 6.07) is 1.81. The van der Waals surface area contributed by atoms with Crippen LogP contribution in [0.2, 0.25) is 0 Å². The molecule has 0 radical (unpaired) electrons. The molecule has 0 aromatic heterocycles. The molecule has 0 bridgehead atoms. The summed E-state index contributed by atoms with van der Waals surface area (Å²) >= 11 is 0. The zero-order chi connectivity index (χ0) is 18.0. The average molecular weight is 353 g/mol. The summed E-state index contributed by atoms with van der Waals surface area (Å²) in [5, 5.41) is 2.28. The maximum atomic E-state index is 12.8. The molecular weight excluding hydrogens is 335 g/mol. The Morgan fingerprint density at radius 1 is 1.22 bits per heavy atom. The van der Waals surface area contributed by atoms with Gasteiger partial charge in [0.1, 0.15) is 0 Å². The predicted octanol–water partition coefficient (Wildman–Crippen LogP) is 2.00. The van der Waals surface area contributed by atoms with Crippen LogP contribution in [0.3, 0.4) is 0 Å². The van der Waals surface area contributed by atoms with Crippen LogP contribution in [0.4, 0.5) is 24.5 Å². The Morgan fingerprint density at radius 3 is 2.22 bits per heavy atom. The summed E-state index contributed by atoms with van der Waals surface area (Å²) in [5.41, 5.74) is 4.11. The van der Waals surface area contributed by atoms with Crippen molar-refractivity contribution in [1.29, 1.82) is 0 Å². The molecule has 1 aromatic carbocycles. The van der Waals surface area contributed by atoms with Gasteiger partial charge >= 0.3 is 6.18 Å². The van der Waals surface area contributed by atoms with Crippen molar-refractivity contribution in [3.8, 4) is 0 Å². The number of halogens is 3. The molecule has 6 nitrogen and oxygen atoms in total. The quantitative estimate of drug-likeness (QED) is 0.753. The first-order chi connectivity index (χ1) is 10.3. The second-order valence-electron chi connectivity index (χ2n) is 5.27. The molecule has 23 heavy (non-hydrogen) atoms. The molecule has 0 fully saturated rings. The van der Waals surface area contributed by atoms with Crippen LogP contribution in [0.15, 0.2) is 18.2 Å². The maximum absolute atomic E-state index is 12.8. The molecule has 1 amide bonds. The molecule has 0 saturated heterocycles. The fraction of sp³-hybridized carbons (Fsp3) is 0.462. The van der Waals surface area contributed by atoms with E-state index in [1.54, 1.807) is 6.92 Å². The lowest BCUT2D eigenvalue weighted by Crippen LogP contribution is -2.34. The van der Waals surface area contributed by atoms with E-state index < -0.39 is 39.6 Å². The van der Waals surface area contributed by atoms with Gasteiger partial charge in [0.05, 0.1) is 29.1 Å². The summed E-state index contributed by atoms with van der Waals surface area (Å²) in [5.74, 6) is -1.29. The lowest BCUT2D eigenvalue weighted by atomic mass is 10.0. The number of rotatable bonds is 5. The molecule has 0 aliphatic heterocycles. The van der Waals surface area contributed by atoms with E-state index in [-0.39, 0.29) is 11.4 Å². The Kier molecular flexibility index (Phi) is 5.65. The summed E-state index contributed by atoms with van der Waals surface area (Å²) in [6.07, 6.45) is -3.78. The van der Waals surface area contributed by atoms with E-state index >= 15 is 0 Å². The molecule has 10 heteroatoms. The molecule has 0 aliphatic carbocycles. The predicted molar refractivity (Wildman–Crippen MR) is 81.4 cm³/mol. The number of nitrogens with one attached hydrogen (secondary N) is 2. The van der Waals surface area contributed by atoms with Gasteiger partial charge in [0.2, 0.25) is 15.9 Å². The van der Waals surface area contributed by atoms with E-state index in [1.165, 1.54) is 6.92 Å². The molecule has 130 valence electrons. The Hall–Kier alpha value is -1.81. The first kappa shape index (κ1) is 19.2. The zero-order valence-electron chi connectivity index (χ0n) is 12.7. The van der Waals surface area contributed by atoms with Crippen LogP contribution in [0.5, 0.6) is 0 Å². The third-order valence-electron chi connectivity index (χ3n) is 3.10. The van der Waals surface area contributed by atoms with Gasteiger partial charge in [-0.05, 0) is 25.1 Å². The van der Waals surface area contributed by atoms with Crippen LogP contribution in [0.25, 0.3) is 0 Å². The van der Waals surface area contributed by atoms with Crippen molar-refractivity contribution in [2.45, 2.75) is 26.1 Å². The Morgan fingerprint density at radius 2 is 1.78 bits per heavy atom. The van der Waals surface area contributed by atoms with Gasteiger partial charge in [0.25, 0.3) is 0 Å². The topological polar surface area (TPSA) is 101 Å². The van der Waals surface area contributed by atoms with Crippen molar-refractivity contribution in [1.82, 2.24) is 0 Å². The highest BCUT2D eigenvalue weighted by atomic mass is 32.2. The van der Waals surface area contributed by atoms with Crippen molar-refractivity contribution in [3.63, 3.8) is 0 Å². The number of benzene rings is 1. The molecule has 0 saturated carbocycles. The summed E-state index contributed by atoms with van der Waals surface area (Å²) in [7, 11) is -3.73. The van der Waals surface area contributed by atoms with Crippen LogP contribution in [-0.4, -0.2) is 26.6 Å². The normalized spacial score (nSPS) is 14.9. The second kappa shape index (κ2) is 6.75. The van der Waals surface area contributed by atoms with Crippen molar-refractivity contribution in [2.24, 2.45) is 11.7 Å². The Labute approximate surface area is 132 Å². The van der Waals surface area contributed by atoms with E-state index in [0.29, 0.717) is 6.07 Å². The maximum Gasteiger partial charge on any atom is 0.416 e. The number of sulfonamides is 1. The summed E-state index contributed by atoms with van der Waals surface area (Å²) in [4.78, 5) is 12.0. The standard InChI is InChI=1S/C13H18F3N3O3S/c1-7(8(2)17)12(20)18-11-6-9(13(14,15)16)4-5-10(11)19-23(3,21)22/h4-8,19H,17H2,1-3H3,(H,18,20). The van der Waals surface area contributed by atoms with Crippen molar-refractivity contribution in [3.05, 3.63) is 23.8 Å². The minimum Gasteiger partial charge on any atom is -0.327 e. The van der Waals surface area contributed by atoms with Gasteiger partial charge in [-0.3, -0.25) is 9.52 Å². The molecule has 1 rings (SSSR count). The number of anilines is 2. The van der Waals surface area contributed by atoms with Crippen molar-refractivity contribution < 1.29 is 26.4 Å². The van der Waals surface area contributed by atoms with Crippen LogP contribution < -0.4 is 15.8 Å². The molecule has 0 spiro atoms. The molecular formula is C13H18F3N3O3S. The monoisotopic (exact) mass is 353 g/mol. The number of amides is 1. The van der Waals surface area contributed by atoms with Gasteiger partial charge in [-0.15, -0.1) is 0 Å². The van der Waals surface area contributed by atoms with E-state index in [9.17, 15) is 26.4 Å². The Bertz CT molecular complexity index is 687. The lowest BCUT2D eigenvalue weighted by molar-refractivity contribution is -0.137. The molecule has 4 N–H and O–H groups in total. The number of alkyl halides is 3. The van der Waals surface area contributed by atoms with Gasteiger partial charge in [-0.2, -0.15) is 13.2 Å². The number of hydrogen-bond donors (Lipinski definition) is 3. The van der Waals surface area contributed by atoms with Gasteiger partial charge in [0.15, 0.2) is 0 Å². The highest BCUT2D eigenvalue weighted by molar-refractivity contribution is 7.92. The minimum atomic E-state index is -4.63. The minimum absolute atomic E-state index is 0.161. The third kappa shape index (κ3) is 5.71. The van der Waals surface area contributed by atoms with Gasteiger partial charge in [0, 0.05) is 6.04 Å². The zero-order valence-corrected chi connectivity index (χ0v) is 13.5. The first-order valence-corrected chi connectivity index (χ1v) is 8.46. The van der Waals surface area contributed by atoms with Crippen LogP contribution in [0, 0.1) is 5.92 Å². The van der Waals surface area contributed by atoms with Gasteiger partial charge < -0.3 is 11.1 Å². The number of carbonyl (C=O) groups is 1. The summed E-state index contributed by atoms with van der Waals surface area (Å²) in [6.45, 7) is 3.09. The highest BCUT2D eigenvalue weighted by Crippen LogP contribution is 2.34. The van der Waals surface area contributed by atoms with E-state index in [4.69, 9.17) is 5.73 Å². The van der Waals surface area contributed by atoms with Crippen molar-refractivity contribution >= 4 is 27.3 Å². The highest BCUT2D eigenvalue weighted by Gasteiger charge is 2.31. The number of carbonyl (C=O) groups excluding carboxylic acids is 1. The molecule has 0 aliphatic rings. The van der Waals surface area contributed by atoms with Crippen LogP contribution >= 0.6 is 0 Å². The van der Waals surface area contributed by atoms with Gasteiger partial charge in [-0.1, -0.05) is 6.92 Å².